The minimum Gasteiger partial charge on any atom is -0.455 e. The number of urea groups is 1. The Bertz CT molecular complexity index is 989. The Balaban J connectivity index is 1.32. The highest BCUT2D eigenvalue weighted by Crippen LogP contribution is 2.23. The standard InChI is InChI=1S/C21H20N2O4S2/c24-19(23-21(26)22-10-9-17-6-3-11-28-17)13-27-20(25)14-29-18-8-7-15-4-1-2-5-16(15)12-18/h1-8,11-12H,9-10,13-14H2,(H2,22,23,24,26). The fraction of sp³-hybridized carbons (Fsp3) is 0.190. The van der Waals surface area contributed by atoms with Crippen LogP contribution in [0.2, 0.25) is 0 Å². The van der Waals surface area contributed by atoms with Crippen LogP contribution in [0.1, 0.15) is 4.88 Å². The third-order valence-electron chi connectivity index (χ3n) is 3.93. The number of ether oxygens (including phenoxy) is 1. The van der Waals surface area contributed by atoms with Crippen molar-refractivity contribution < 1.29 is 19.1 Å². The van der Waals surface area contributed by atoms with E-state index in [1.807, 2.05) is 60.0 Å². The molecule has 0 saturated carbocycles. The summed E-state index contributed by atoms with van der Waals surface area (Å²) < 4.78 is 4.93. The Morgan fingerprint density at radius 1 is 1.00 bits per heavy atom. The minimum atomic E-state index is -0.664. The van der Waals surface area contributed by atoms with Crippen molar-refractivity contribution in [3.8, 4) is 0 Å². The van der Waals surface area contributed by atoms with Crippen molar-refractivity contribution in [1.82, 2.24) is 10.6 Å². The number of amides is 3. The van der Waals surface area contributed by atoms with Gasteiger partial charge in [0.05, 0.1) is 5.75 Å². The second-order valence-corrected chi connectivity index (χ2v) is 8.17. The van der Waals surface area contributed by atoms with Gasteiger partial charge in [-0.2, -0.15) is 0 Å². The molecule has 150 valence electrons. The Morgan fingerprint density at radius 2 is 1.83 bits per heavy atom. The SMILES string of the molecule is O=C(COC(=O)CSc1ccc2ccccc2c1)NC(=O)NCCc1cccs1. The highest BCUT2D eigenvalue weighted by molar-refractivity contribution is 8.00. The van der Waals surface area contributed by atoms with E-state index in [9.17, 15) is 14.4 Å². The van der Waals surface area contributed by atoms with Crippen LogP contribution in [0.25, 0.3) is 10.8 Å². The second kappa shape index (κ2) is 10.6. The predicted molar refractivity (Wildman–Crippen MR) is 115 cm³/mol. The fourth-order valence-electron chi connectivity index (χ4n) is 2.55. The summed E-state index contributed by atoms with van der Waals surface area (Å²) in [7, 11) is 0. The first-order chi connectivity index (χ1) is 14.1. The van der Waals surface area contributed by atoms with E-state index in [-0.39, 0.29) is 5.75 Å². The summed E-state index contributed by atoms with van der Waals surface area (Å²) >= 11 is 2.94. The molecule has 0 atom stereocenters. The number of benzene rings is 2. The van der Waals surface area contributed by atoms with E-state index in [1.165, 1.54) is 11.8 Å². The molecule has 1 heterocycles. The van der Waals surface area contributed by atoms with Crippen molar-refractivity contribution in [1.29, 1.82) is 0 Å². The van der Waals surface area contributed by atoms with E-state index in [1.54, 1.807) is 11.3 Å². The van der Waals surface area contributed by atoms with E-state index in [0.29, 0.717) is 13.0 Å². The van der Waals surface area contributed by atoms with Crippen molar-refractivity contribution in [3.63, 3.8) is 0 Å². The molecule has 3 rings (SSSR count). The summed E-state index contributed by atoms with van der Waals surface area (Å²) in [4.78, 5) is 37.3. The summed E-state index contributed by atoms with van der Waals surface area (Å²) in [5.41, 5.74) is 0. The van der Waals surface area contributed by atoms with Crippen LogP contribution in [0, 0.1) is 0 Å². The zero-order valence-corrected chi connectivity index (χ0v) is 17.2. The number of carbonyl (C=O) groups is 3. The average Bonchev–Trinajstić information content (AvgIpc) is 3.24. The lowest BCUT2D eigenvalue weighted by atomic mass is 10.1. The van der Waals surface area contributed by atoms with Gasteiger partial charge in [0.1, 0.15) is 0 Å². The van der Waals surface area contributed by atoms with E-state index >= 15 is 0 Å². The van der Waals surface area contributed by atoms with Crippen molar-refractivity contribution in [2.24, 2.45) is 0 Å². The number of fused-ring (bicyclic) bond motifs is 1. The van der Waals surface area contributed by atoms with Crippen LogP contribution in [0.5, 0.6) is 0 Å². The van der Waals surface area contributed by atoms with E-state index < -0.39 is 24.5 Å². The topological polar surface area (TPSA) is 84.5 Å². The number of hydrogen-bond donors (Lipinski definition) is 2. The van der Waals surface area contributed by atoms with Gasteiger partial charge in [0.15, 0.2) is 6.61 Å². The molecule has 1 aromatic heterocycles. The summed E-state index contributed by atoms with van der Waals surface area (Å²) in [6.07, 6.45) is 0.695. The lowest BCUT2D eigenvalue weighted by Crippen LogP contribution is -2.42. The van der Waals surface area contributed by atoms with Gasteiger partial charge in [0.2, 0.25) is 0 Å². The van der Waals surface area contributed by atoms with Crippen LogP contribution in [-0.2, 0) is 20.7 Å². The number of hydrogen-bond acceptors (Lipinski definition) is 6. The Morgan fingerprint density at radius 3 is 2.62 bits per heavy atom. The third kappa shape index (κ3) is 6.92. The lowest BCUT2D eigenvalue weighted by molar-refractivity contribution is -0.145. The zero-order chi connectivity index (χ0) is 20.5. The number of rotatable bonds is 8. The molecule has 29 heavy (non-hydrogen) atoms. The maximum absolute atomic E-state index is 11.9. The molecule has 0 aliphatic rings. The third-order valence-corrected chi connectivity index (χ3v) is 5.84. The molecule has 3 amide bonds. The van der Waals surface area contributed by atoms with Gasteiger partial charge >= 0.3 is 12.0 Å². The molecular formula is C21H20N2O4S2. The summed E-state index contributed by atoms with van der Waals surface area (Å²) in [5.74, 6) is -1.10. The molecule has 6 nitrogen and oxygen atoms in total. The molecule has 2 aromatic carbocycles. The molecule has 0 bridgehead atoms. The Labute approximate surface area is 176 Å². The van der Waals surface area contributed by atoms with Crippen LogP contribution in [0.15, 0.2) is 64.9 Å². The number of esters is 1. The number of carbonyl (C=O) groups excluding carboxylic acids is 3. The fourth-order valence-corrected chi connectivity index (χ4v) is 4.00. The molecule has 8 heteroatoms. The van der Waals surface area contributed by atoms with Crippen molar-refractivity contribution in [3.05, 3.63) is 64.9 Å². The molecule has 0 saturated heterocycles. The minimum absolute atomic E-state index is 0.0820. The van der Waals surface area contributed by atoms with Crippen molar-refractivity contribution in [2.45, 2.75) is 11.3 Å². The Kier molecular flexibility index (Phi) is 7.66. The normalized spacial score (nSPS) is 10.5. The Hall–Kier alpha value is -2.84. The highest BCUT2D eigenvalue weighted by atomic mass is 32.2. The van der Waals surface area contributed by atoms with Gasteiger partial charge in [-0.15, -0.1) is 23.1 Å². The quantitative estimate of drug-likeness (QED) is 0.423. The molecule has 3 aromatic rings. The molecule has 0 aliphatic carbocycles. The zero-order valence-electron chi connectivity index (χ0n) is 15.6. The first kappa shape index (κ1) is 20.9. The van der Waals surface area contributed by atoms with Gasteiger partial charge in [-0.25, -0.2) is 4.79 Å². The maximum Gasteiger partial charge on any atom is 0.321 e. The largest absolute Gasteiger partial charge is 0.455 e. The van der Waals surface area contributed by atoms with Gasteiger partial charge in [0, 0.05) is 16.3 Å². The van der Waals surface area contributed by atoms with Crippen LogP contribution < -0.4 is 10.6 Å². The molecular weight excluding hydrogens is 408 g/mol. The molecule has 0 fully saturated rings. The van der Waals surface area contributed by atoms with Gasteiger partial charge in [-0.05, 0) is 40.8 Å². The monoisotopic (exact) mass is 428 g/mol. The first-order valence-electron chi connectivity index (χ1n) is 8.97. The summed E-state index contributed by atoms with van der Waals surface area (Å²) in [6.45, 7) is -0.0722. The number of nitrogens with one attached hydrogen (secondary N) is 2. The smallest absolute Gasteiger partial charge is 0.321 e. The van der Waals surface area contributed by atoms with Gasteiger partial charge in [0.25, 0.3) is 5.91 Å². The van der Waals surface area contributed by atoms with Gasteiger partial charge in [-0.3, -0.25) is 14.9 Å². The molecule has 0 aliphatic heterocycles. The van der Waals surface area contributed by atoms with Crippen LogP contribution >= 0.6 is 23.1 Å². The van der Waals surface area contributed by atoms with Gasteiger partial charge in [-0.1, -0.05) is 36.4 Å². The van der Waals surface area contributed by atoms with E-state index in [0.717, 1.165) is 20.5 Å². The van der Waals surface area contributed by atoms with E-state index in [4.69, 9.17) is 4.74 Å². The average molecular weight is 429 g/mol. The number of thiophene rings is 1. The molecule has 0 radical (unpaired) electrons. The highest BCUT2D eigenvalue weighted by Gasteiger charge is 2.11. The molecule has 0 spiro atoms. The molecule has 2 N–H and O–H groups in total. The van der Waals surface area contributed by atoms with Crippen LogP contribution in [-0.4, -0.2) is 36.8 Å². The second-order valence-electron chi connectivity index (χ2n) is 6.09. The van der Waals surface area contributed by atoms with E-state index in [2.05, 4.69) is 10.6 Å². The maximum atomic E-state index is 11.9. The predicted octanol–water partition coefficient (Wildman–Crippen LogP) is 3.61. The van der Waals surface area contributed by atoms with Crippen LogP contribution in [0.4, 0.5) is 4.79 Å². The summed E-state index contributed by atoms with van der Waals surface area (Å²) in [6, 6.07) is 17.2. The van der Waals surface area contributed by atoms with Crippen molar-refractivity contribution >= 4 is 51.8 Å². The first-order valence-corrected chi connectivity index (χ1v) is 10.8. The lowest BCUT2D eigenvalue weighted by Gasteiger charge is -2.07. The van der Waals surface area contributed by atoms with Crippen molar-refractivity contribution in [2.75, 3.05) is 18.9 Å². The molecule has 0 unspecified atom stereocenters. The number of thioether (sulfide) groups is 1. The van der Waals surface area contributed by atoms with Crippen LogP contribution in [0.3, 0.4) is 0 Å². The van der Waals surface area contributed by atoms with Gasteiger partial charge < -0.3 is 10.1 Å². The summed E-state index contributed by atoms with van der Waals surface area (Å²) in [5, 5.41) is 8.92. The number of imide groups is 1.